The number of nitrogens with two attached hydrogens (primary N) is 1. The van der Waals surface area contributed by atoms with Crippen molar-refractivity contribution in [3.8, 4) is 22.6 Å². The van der Waals surface area contributed by atoms with Crippen LogP contribution in [-0.4, -0.2) is 30.2 Å². The molecule has 2 aliphatic rings. The highest BCUT2D eigenvalue weighted by Gasteiger charge is 2.47. The molecule has 1 unspecified atom stereocenters. The molecule has 0 saturated heterocycles. The van der Waals surface area contributed by atoms with Crippen molar-refractivity contribution >= 4 is 17.5 Å². The van der Waals surface area contributed by atoms with Crippen molar-refractivity contribution in [3.05, 3.63) is 70.3 Å². The maximum atomic E-state index is 15.7. The number of hydrogen-bond donors (Lipinski definition) is 2. The number of carbonyl (C=O) groups excluding carboxylic acids is 1. The van der Waals surface area contributed by atoms with Crippen LogP contribution in [0.4, 0.5) is 17.6 Å². The number of carbonyl (C=O) groups is 1. The summed E-state index contributed by atoms with van der Waals surface area (Å²) in [5.74, 6) is -4.13. The van der Waals surface area contributed by atoms with Crippen molar-refractivity contribution in [2.45, 2.75) is 51.4 Å². The molecule has 10 heteroatoms. The van der Waals surface area contributed by atoms with Crippen LogP contribution in [0.1, 0.15) is 43.1 Å². The van der Waals surface area contributed by atoms with Crippen LogP contribution in [0.5, 0.6) is 11.5 Å². The normalized spacial score (nSPS) is 20.7. The van der Waals surface area contributed by atoms with Gasteiger partial charge in [-0.2, -0.15) is 8.78 Å². The van der Waals surface area contributed by atoms with Gasteiger partial charge in [0.1, 0.15) is 17.2 Å². The van der Waals surface area contributed by atoms with Gasteiger partial charge in [0.05, 0.1) is 10.6 Å². The molecule has 5 nitrogen and oxygen atoms in total. The Kier molecular flexibility index (Phi) is 7.32. The van der Waals surface area contributed by atoms with Gasteiger partial charge < -0.3 is 20.5 Å². The number of amides is 1. The van der Waals surface area contributed by atoms with Gasteiger partial charge in [-0.3, -0.25) is 4.79 Å². The minimum Gasteiger partial charge on any atom is -0.485 e. The zero-order chi connectivity index (χ0) is 27.1. The molecule has 37 heavy (non-hydrogen) atoms. The average molecular weight is 539 g/mol. The first-order valence-corrected chi connectivity index (χ1v) is 12.1. The molecule has 0 radical (unpaired) electrons. The third kappa shape index (κ3) is 5.33. The van der Waals surface area contributed by atoms with E-state index < -0.39 is 46.1 Å². The third-order valence-electron chi connectivity index (χ3n) is 6.49. The van der Waals surface area contributed by atoms with E-state index in [-0.39, 0.29) is 34.8 Å². The lowest BCUT2D eigenvalue weighted by Gasteiger charge is -2.38. The summed E-state index contributed by atoms with van der Waals surface area (Å²) in [5.41, 5.74) is 3.56. The third-order valence-corrected chi connectivity index (χ3v) is 6.86. The molecule has 198 valence electrons. The Morgan fingerprint density at radius 1 is 1.27 bits per heavy atom. The predicted molar refractivity (Wildman–Crippen MR) is 133 cm³/mol. The lowest BCUT2D eigenvalue weighted by atomic mass is 9.78. The highest BCUT2D eigenvalue weighted by molar-refractivity contribution is 6.34. The Labute approximate surface area is 217 Å². The van der Waals surface area contributed by atoms with Gasteiger partial charge in [-0.25, -0.2) is 8.78 Å². The molecular formula is C27H27ClF4N2O3. The maximum Gasteiger partial charge on any atom is 0.387 e. The van der Waals surface area contributed by atoms with E-state index in [4.69, 9.17) is 22.1 Å². The van der Waals surface area contributed by atoms with Crippen molar-refractivity contribution in [3.63, 3.8) is 0 Å². The van der Waals surface area contributed by atoms with Crippen LogP contribution >= 0.6 is 11.6 Å². The van der Waals surface area contributed by atoms with Gasteiger partial charge in [0.15, 0.2) is 11.6 Å². The summed E-state index contributed by atoms with van der Waals surface area (Å²) in [6.45, 7) is 2.99. The fourth-order valence-corrected chi connectivity index (χ4v) is 5.00. The van der Waals surface area contributed by atoms with Crippen LogP contribution in [0.25, 0.3) is 11.1 Å². The molecule has 1 heterocycles. The van der Waals surface area contributed by atoms with Gasteiger partial charge in [0.25, 0.3) is 0 Å². The van der Waals surface area contributed by atoms with E-state index in [1.54, 1.807) is 0 Å². The molecular weight excluding hydrogens is 512 g/mol. The molecule has 0 aromatic heterocycles. The first kappa shape index (κ1) is 27.0. The van der Waals surface area contributed by atoms with Crippen LogP contribution in [0.3, 0.4) is 0 Å². The predicted octanol–water partition coefficient (Wildman–Crippen LogP) is 6.18. The number of alkyl halides is 2. The SMILES string of the molecule is CC(C)(C)NC[C@@]1(C2C=CC=CC2)Cc2c(cc(F)c(Cl)c2-c2c(C(N)=O)ccc(OC(F)F)c2F)O1. The monoisotopic (exact) mass is 538 g/mol. The highest BCUT2D eigenvalue weighted by Crippen LogP contribution is 2.50. The second kappa shape index (κ2) is 10.0. The zero-order valence-electron chi connectivity index (χ0n) is 20.5. The van der Waals surface area contributed by atoms with E-state index in [2.05, 4.69) is 10.1 Å². The van der Waals surface area contributed by atoms with E-state index in [1.807, 2.05) is 45.1 Å². The summed E-state index contributed by atoms with van der Waals surface area (Å²) in [6.07, 6.45) is 8.58. The van der Waals surface area contributed by atoms with Gasteiger partial charge in [0, 0.05) is 47.2 Å². The summed E-state index contributed by atoms with van der Waals surface area (Å²) < 4.78 is 67.4. The lowest BCUT2D eigenvalue weighted by Crippen LogP contribution is -2.54. The topological polar surface area (TPSA) is 73.6 Å². The second-order valence-electron chi connectivity index (χ2n) is 10.2. The number of halogens is 5. The average Bonchev–Trinajstić information content (AvgIpc) is 3.19. The Hall–Kier alpha value is -3.04. The quantitative estimate of drug-likeness (QED) is 0.413. The van der Waals surface area contributed by atoms with Crippen LogP contribution < -0.4 is 20.5 Å². The molecule has 0 saturated carbocycles. The molecule has 2 atom stereocenters. The molecule has 2 aromatic carbocycles. The lowest BCUT2D eigenvalue weighted by molar-refractivity contribution is -0.0521. The van der Waals surface area contributed by atoms with E-state index in [9.17, 15) is 13.6 Å². The van der Waals surface area contributed by atoms with Crippen molar-refractivity contribution in [2.75, 3.05) is 6.54 Å². The highest BCUT2D eigenvalue weighted by atomic mass is 35.5. The number of ether oxygens (including phenoxy) is 2. The van der Waals surface area contributed by atoms with Crippen LogP contribution in [-0.2, 0) is 6.42 Å². The molecule has 0 bridgehead atoms. The summed E-state index contributed by atoms with van der Waals surface area (Å²) in [6, 6.07) is 3.03. The Balaban J connectivity index is 1.93. The van der Waals surface area contributed by atoms with Crippen LogP contribution in [0.2, 0.25) is 5.02 Å². The van der Waals surface area contributed by atoms with Crippen molar-refractivity contribution in [1.82, 2.24) is 5.32 Å². The molecule has 1 aliphatic carbocycles. The molecule has 3 N–H and O–H groups in total. The van der Waals surface area contributed by atoms with Crippen molar-refractivity contribution in [1.29, 1.82) is 0 Å². The van der Waals surface area contributed by atoms with Crippen molar-refractivity contribution < 1.29 is 31.8 Å². The molecule has 1 aliphatic heterocycles. The molecule has 0 fully saturated rings. The largest absolute Gasteiger partial charge is 0.485 e. The number of benzene rings is 2. The summed E-state index contributed by atoms with van der Waals surface area (Å²) in [7, 11) is 0. The van der Waals surface area contributed by atoms with E-state index in [0.29, 0.717) is 18.5 Å². The van der Waals surface area contributed by atoms with Gasteiger partial charge >= 0.3 is 6.61 Å². The van der Waals surface area contributed by atoms with Gasteiger partial charge in [-0.1, -0.05) is 35.9 Å². The number of hydrogen-bond acceptors (Lipinski definition) is 4. The Bertz CT molecular complexity index is 1290. The van der Waals surface area contributed by atoms with Gasteiger partial charge in [-0.05, 0) is 39.3 Å². The molecule has 1 amide bonds. The fourth-order valence-electron chi connectivity index (χ4n) is 4.74. The summed E-state index contributed by atoms with van der Waals surface area (Å²) in [5, 5.41) is 2.95. The summed E-state index contributed by atoms with van der Waals surface area (Å²) in [4.78, 5) is 12.2. The maximum absolute atomic E-state index is 15.7. The minimum atomic E-state index is -3.33. The Morgan fingerprint density at radius 3 is 2.59 bits per heavy atom. The number of fused-ring (bicyclic) bond motifs is 1. The molecule has 2 aromatic rings. The fraction of sp³-hybridized carbons (Fsp3) is 0.370. The number of rotatable bonds is 7. The van der Waals surface area contributed by atoms with E-state index >= 15 is 8.78 Å². The standard InChI is InChI=1S/C27H27ClF4N2O3/c1-26(2,3)34-13-27(14-7-5-4-6-8-14)12-16-19(37-27)11-17(29)22(28)20(16)21-15(24(33)35)9-10-18(23(21)30)36-25(31)32/h4-7,9-11,14,25,34H,8,12-13H2,1-3H3,(H2,33,35)/t14?,27-/m1/s1. The number of primary amides is 1. The van der Waals surface area contributed by atoms with Crippen LogP contribution in [0, 0.1) is 17.6 Å². The summed E-state index contributed by atoms with van der Waals surface area (Å²) >= 11 is 6.37. The van der Waals surface area contributed by atoms with Gasteiger partial charge in [-0.15, -0.1) is 0 Å². The van der Waals surface area contributed by atoms with Crippen LogP contribution in [0.15, 0.2) is 42.5 Å². The molecule has 4 rings (SSSR count). The second-order valence-corrected chi connectivity index (χ2v) is 10.5. The number of allylic oxidation sites excluding steroid dienone is 3. The zero-order valence-corrected chi connectivity index (χ0v) is 21.3. The Morgan fingerprint density at radius 2 is 2.00 bits per heavy atom. The van der Waals surface area contributed by atoms with Gasteiger partial charge in [0.2, 0.25) is 5.91 Å². The van der Waals surface area contributed by atoms with E-state index in [0.717, 1.165) is 18.2 Å². The van der Waals surface area contributed by atoms with Crippen molar-refractivity contribution in [2.24, 2.45) is 11.7 Å². The van der Waals surface area contributed by atoms with E-state index in [1.165, 1.54) is 0 Å². The molecule has 0 spiro atoms. The smallest absolute Gasteiger partial charge is 0.387 e. The number of nitrogens with one attached hydrogen (secondary N) is 1. The first-order chi connectivity index (χ1) is 17.3. The first-order valence-electron chi connectivity index (χ1n) is 11.7. The minimum absolute atomic E-state index is 0.116.